The fourth-order valence-corrected chi connectivity index (χ4v) is 18.8. The van der Waals surface area contributed by atoms with E-state index in [1.165, 1.54) is 168 Å². The zero-order valence-electron chi connectivity index (χ0n) is 49.4. The van der Waals surface area contributed by atoms with Gasteiger partial charge in [0.1, 0.15) is 6.29 Å². The van der Waals surface area contributed by atoms with E-state index in [0.29, 0.717) is 11.8 Å². The third kappa shape index (κ3) is 21.4. The van der Waals surface area contributed by atoms with E-state index < -0.39 is 10.9 Å². The maximum Gasteiger partial charge on any atom is 1.00 e. The van der Waals surface area contributed by atoms with Crippen molar-refractivity contribution in [2.75, 3.05) is 6.66 Å². The van der Waals surface area contributed by atoms with Crippen LogP contribution in [0.25, 0.3) is 0 Å². The summed E-state index contributed by atoms with van der Waals surface area (Å²) in [5.74, 6) is 6.57. The van der Waals surface area contributed by atoms with E-state index >= 15 is 0 Å². The predicted octanol–water partition coefficient (Wildman–Crippen LogP) is 16.0. The molecule has 5 aromatic carbocycles. The number of carbonyl (C=O) groups excluding carboxylic acids is 1. The van der Waals surface area contributed by atoms with Crippen molar-refractivity contribution in [1.82, 2.24) is 0 Å². The fraction of sp³-hybridized carbons (Fsp3) is 0.542. The molecule has 0 bridgehead atoms. The van der Waals surface area contributed by atoms with Gasteiger partial charge in [0.05, 0.1) is 0 Å². The van der Waals surface area contributed by atoms with Gasteiger partial charge in [0, 0.05) is 5.92 Å². The van der Waals surface area contributed by atoms with E-state index in [4.69, 9.17) is 0 Å². The summed E-state index contributed by atoms with van der Waals surface area (Å²) in [6.07, 6.45) is 36.0. The van der Waals surface area contributed by atoms with Crippen molar-refractivity contribution < 1.29 is 61.3 Å². The predicted molar refractivity (Wildman–Crippen MR) is 336 cm³/mol. The van der Waals surface area contributed by atoms with Gasteiger partial charge in [0.2, 0.25) is 0 Å². The molecule has 4 saturated carbocycles. The first-order valence-corrected chi connectivity index (χ1v) is 35.2. The Labute approximate surface area is 521 Å². The van der Waals surface area contributed by atoms with Crippen molar-refractivity contribution in [3.8, 4) is 0 Å². The van der Waals surface area contributed by atoms with Crippen molar-refractivity contribution in [2.45, 2.75) is 206 Å². The second-order valence-electron chi connectivity index (χ2n) is 25.1. The molecule has 5 heteroatoms. The Morgan fingerprint density at radius 3 is 1.04 bits per heavy atom. The molecule has 0 atom stereocenters. The Hall–Kier alpha value is -1.98. The largest absolute Gasteiger partial charge is 1.00 e. The van der Waals surface area contributed by atoms with Gasteiger partial charge in [0.15, 0.2) is 0 Å². The number of benzene rings is 5. The Kier molecular flexibility index (Phi) is 28.9. The molecule has 77 heavy (non-hydrogen) atoms. The Balaban J connectivity index is 0.000000203. The van der Waals surface area contributed by atoms with Gasteiger partial charge in [-0.2, -0.15) is 0 Å². The molecule has 0 aromatic heterocycles. The van der Waals surface area contributed by atoms with Crippen LogP contribution in [0.1, 0.15) is 210 Å². The summed E-state index contributed by atoms with van der Waals surface area (Å²) in [5, 5.41) is 11.6. The molecule has 2 nitrogen and oxygen atoms in total. The third-order valence-electron chi connectivity index (χ3n) is 18.1. The van der Waals surface area contributed by atoms with E-state index in [1.54, 1.807) is 31.9 Å². The fourth-order valence-electron chi connectivity index (χ4n) is 13.2. The number of aryl methyl sites for hydroxylation is 2. The summed E-state index contributed by atoms with van der Waals surface area (Å²) in [5.41, 5.74) is 5.39. The number of carbonyl (C=O) groups is 1. The maximum absolute atomic E-state index is 10.9. The molecular weight excluding hydrogens is 1050 g/mol. The van der Waals surface area contributed by atoms with Crippen molar-refractivity contribution in [2.24, 2.45) is 35.5 Å². The van der Waals surface area contributed by atoms with Crippen LogP contribution in [0.4, 0.5) is 0 Å². The van der Waals surface area contributed by atoms with Crippen molar-refractivity contribution in [3.05, 3.63) is 174 Å². The van der Waals surface area contributed by atoms with Gasteiger partial charge in [-0.25, -0.2) is 0 Å². The van der Waals surface area contributed by atoms with Crippen molar-refractivity contribution in [1.29, 1.82) is 0 Å². The Bertz CT molecular complexity index is 2140. The van der Waals surface area contributed by atoms with E-state index in [2.05, 4.69) is 188 Å². The van der Waals surface area contributed by atoms with Gasteiger partial charge < -0.3 is 9.90 Å². The summed E-state index contributed by atoms with van der Waals surface area (Å²) in [7, 11) is 0. The quantitative estimate of drug-likeness (QED) is 0.0403. The van der Waals surface area contributed by atoms with Gasteiger partial charge >= 0.3 is 186 Å². The van der Waals surface area contributed by atoms with Gasteiger partial charge in [-0.05, 0) is 141 Å². The first kappa shape index (κ1) is 65.8. The standard InChI is InChI=1S/C25H38.C24H36O.C19H18BrP.C4H9O.K/c1-3-5-21-6-8-22(9-7-21)10-11-23-14-18-25(19-15-23)24-16-12-20(4-2)13-17-24;1-2-3-19-4-6-20(7-5-19)8-9-21-10-14-23(15-11-21)24-16-12-22(18-25)13-17-24;1-21(20,17-11-5-2-6-12-17,18-13-7-3-8-14-18)19-15-9-4-10-16-19;1-4(2,3)5;/h4,14-15,18-22,24H,2-3,5-13,16-17H2,1H3;10-11,14-15,18-20,22,24H,2-9,12-13,16-17H2,1H3;2-16H,1H3;1-3H3;/q;;;-1;+1. The van der Waals surface area contributed by atoms with Crippen LogP contribution in [0.15, 0.2) is 152 Å². The molecule has 0 saturated heterocycles. The second-order valence-corrected chi connectivity index (χ2v) is 34.8. The molecule has 0 unspecified atom stereocenters. The monoisotopic (exact) mass is 1150 g/mol. The molecule has 0 amide bonds. The van der Waals surface area contributed by atoms with Gasteiger partial charge in [0.25, 0.3) is 0 Å². The van der Waals surface area contributed by atoms with Gasteiger partial charge in [-0.15, -0.1) is 12.2 Å². The normalized spacial score (nSPS) is 24.0. The molecule has 0 spiro atoms. The molecule has 0 aliphatic heterocycles. The van der Waals surface area contributed by atoms with Crippen LogP contribution in [0.2, 0.25) is 0 Å². The van der Waals surface area contributed by atoms with E-state index in [9.17, 15) is 9.90 Å². The molecule has 0 radical (unpaired) electrons. The molecule has 4 fully saturated rings. The zero-order valence-corrected chi connectivity index (χ0v) is 55.0. The molecule has 5 aromatic rings. The second kappa shape index (κ2) is 33.8. The van der Waals surface area contributed by atoms with Crippen LogP contribution in [-0.4, -0.2) is 18.6 Å². The average molecular weight is 1150 g/mol. The van der Waals surface area contributed by atoms with Crippen LogP contribution in [0.5, 0.6) is 0 Å². The molecule has 0 heterocycles. The van der Waals surface area contributed by atoms with Crippen LogP contribution < -0.4 is 72.4 Å². The summed E-state index contributed by atoms with van der Waals surface area (Å²) in [4.78, 5) is 10.9. The Morgan fingerprint density at radius 1 is 0.481 bits per heavy atom. The number of hydrogen-bond donors (Lipinski definition) is 0. The third-order valence-corrected chi connectivity index (χ3v) is 26.4. The SMILES string of the molecule is C=CC1CCC(c2ccc(CCC3CCC(CCC)CC3)cc2)CC1.CC(C)(C)[O-].CCCC1CCC(CCc2ccc(C3CCC(C=O)CC3)cc2)CC1.CP(Br)(c1ccccc1)(c1ccccc1)c1ccccc1.[K+]. The summed E-state index contributed by atoms with van der Waals surface area (Å²) in [6.45, 7) is 15.9. The molecule has 414 valence electrons. The zero-order chi connectivity index (χ0) is 54.3. The van der Waals surface area contributed by atoms with E-state index in [0.717, 1.165) is 54.6 Å². The van der Waals surface area contributed by atoms with Crippen molar-refractivity contribution >= 4 is 43.0 Å². The minimum atomic E-state index is -2.56. The number of aldehydes is 1. The number of rotatable bonds is 17. The Morgan fingerprint density at radius 2 is 0.766 bits per heavy atom. The number of halogens is 1. The maximum atomic E-state index is 10.9. The van der Waals surface area contributed by atoms with E-state index in [-0.39, 0.29) is 51.4 Å². The smallest absolute Gasteiger partial charge is 1.00 e. The van der Waals surface area contributed by atoms with Crippen LogP contribution >= 0.6 is 20.8 Å². The van der Waals surface area contributed by atoms with E-state index in [1.807, 2.05) is 0 Å². The molecule has 4 aliphatic carbocycles. The summed E-state index contributed by atoms with van der Waals surface area (Å²) >= 11 is 4.24. The minimum Gasteiger partial charge on any atom is 1.00 e. The summed E-state index contributed by atoms with van der Waals surface area (Å²) < 4.78 is 0. The van der Waals surface area contributed by atoms with Gasteiger partial charge in [-0.1, -0.05) is 166 Å². The van der Waals surface area contributed by atoms with Crippen molar-refractivity contribution in [3.63, 3.8) is 0 Å². The molecule has 0 N–H and O–H groups in total. The van der Waals surface area contributed by atoms with Crippen LogP contribution in [0.3, 0.4) is 0 Å². The van der Waals surface area contributed by atoms with Crippen LogP contribution in [-0.2, 0) is 17.6 Å². The number of allylic oxidation sites excluding steroid dienone is 1. The molecule has 9 rings (SSSR count). The number of hydrogen-bond acceptors (Lipinski definition) is 2. The topological polar surface area (TPSA) is 40.1 Å². The average Bonchev–Trinajstić information content (AvgIpc) is 3.47. The molecular formula is C72H101BrKO2P. The van der Waals surface area contributed by atoms with Crippen LogP contribution in [0, 0.1) is 35.5 Å². The summed E-state index contributed by atoms with van der Waals surface area (Å²) in [6, 6.07) is 51.4. The van der Waals surface area contributed by atoms with Gasteiger partial charge in [-0.3, -0.25) is 0 Å². The minimum absolute atomic E-state index is 0. The first-order valence-electron chi connectivity index (χ1n) is 30.5. The first-order chi connectivity index (χ1) is 36.7. The molecule has 4 aliphatic rings.